The van der Waals surface area contributed by atoms with Crippen LogP contribution in [0.2, 0.25) is 0 Å². The van der Waals surface area contributed by atoms with Crippen molar-refractivity contribution in [3.05, 3.63) is 53.6 Å². The number of hydrogen-bond donors (Lipinski definition) is 2. The van der Waals surface area contributed by atoms with E-state index in [4.69, 9.17) is 0 Å². The molecular weight excluding hydrogens is 441 g/mol. The minimum absolute atomic E-state index is 0. The van der Waals surface area contributed by atoms with Gasteiger partial charge < -0.3 is 10.6 Å². The molecule has 1 heterocycles. The van der Waals surface area contributed by atoms with E-state index in [9.17, 15) is 17.6 Å². The molecule has 1 aromatic carbocycles. The standard InChI is InChI=1S/C14H15F4N5.HI/c1-19-14(21-7-9-6-10(15)2-3-11(9)16)22-8-12-20-4-5-23(12)13(17)18;/h2-6,13H,7-8H2,1H3,(H2,19,21,22);1H. The van der Waals surface area contributed by atoms with Gasteiger partial charge >= 0.3 is 6.55 Å². The van der Waals surface area contributed by atoms with E-state index in [-0.39, 0.29) is 54.4 Å². The monoisotopic (exact) mass is 457 g/mol. The normalized spacial score (nSPS) is 11.3. The Balaban J connectivity index is 0.00000288. The van der Waals surface area contributed by atoms with Crippen molar-refractivity contribution in [2.45, 2.75) is 19.6 Å². The largest absolute Gasteiger partial charge is 0.352 e. The van der Waals surface area contributed by atoms with Crippen molar-refractivity contribution >= 4 is 29.9 Å². The molecule has 0 amide bonds. The third-order valence-corrected chi connectivity index (χ3v) is 3.05. The van der Waals surface area contributed by atoms with Gasteiger partial charge in [-0.15, -0.1) is 24.0 Å². The lowest BCUT2D eigenvalue weighted by atomic mass is 10.2. The van der Waals surface area contributed by atoms with Gasteiger partial charge in [0.25, 0.3) is 0 Å². The summed E-state index contributed by atoms with van der Waals surface area (Å²) in [4.78, 5) is 7.70. The number of nitrogens with zero attached hydrogens (tertiary/aromatic N) is 3. The molecule has 132 valence electrons. The SMILES string of the molecule is CN=C(NCc1cc(F)ccc1F)NCc1nccn1C(F)F.I. The number of imidazole rings is 1. The Morgan fingerprint density at radius 3 is 2.62 bits per heavy atom. The van der Waals surface area contributed by atoms with Crippen molar-refractivity contribution in [1.82, 2.24) is 20.2 Å². The molecule has 0 aliphatic heterocycles. The second-order valence-electron chi connectivity index (χ2n) is 4.54. The van der Waals surface area contributed by atoms with Gasteiger partial charge in [-0.05, 0) is 18.2 Å². The molecule has 0 unspecified atom stereocenters. The summed E-state index contributed by atoms with van der Waals surface area (Å²) in [6.45, 7) is -2.69. The van der Waals surface area contributed by atoms with Crippen LogP contribution >= 0.6 is 24.0 Å². The number of halogens is 5. The van der Waals surface area contributed by atoms with E-state index in [1.54, 1.807) is 0 Å². The molecule has 0 fully saturated rings. The van der Waals surface area contributed by atoms with Crippen molar-refractivity contribution in [3.8, 4) is 0 Å². The molecule has 1 aromatic heterocycles. The summed E-state index contributed by atoms with van der Waals surface area (Å²) in [7, 11) is 1.47. The Bertz CT molecular complexity index is 690. The van der Waals surface area contributed by atoms with Gasteiger partial charge in [0, 0.05) is 31.5 Å². The molecule has 0 spiro atoms. The molecule has 0 radical (unpaired) electrons. The lowest BCUT2D eigenvalue weighted by Gasteiger charge is -2.13. The van der Waals surface area contributed by atoms with E-state index in [2.05, 4.69) is 20.6 Å². The van der Waals surface area contributed by atoms with Gasteiger partial charge in [-0.3, -0.25) is 9.56 Å². The first-order valence-corrected chi connectivity index (χ1v) is 6.69. The number of aromatic nitrogens is 2. The van der Waals surface area contributed by atoms with E-state index < -0.39 is 18.2 Å². The second-order valence-corrected chi connectivity index (χ2v) is 4.54. The minimum Gasteiger partial charge on any atom is -0.352 e. The summed E-state index contributed by atoms with van der Waals surface area (Å²) < 4.78 is 52.7. The molecule has 2 aromatic rings. The zero-order valence-corrected chi connectivity index (χ0v) is 15.0. The van der Waals surface area contributed by atoms with Crippen LogP contribution in [0.3, 0.4) is 0 Å². The maximum atomic E-state index is 13.5. The van der Waals surface area contributed by atoms with Crippen LogP contribution in [0, 0.1) is 11.6 Å². The fourth-order valence-electron chi connectivity index (χ4n) is 1.90. The molecule has 0 bridgehead atoms. The zero-order valence-electron chi connectivity index (χ0n) is 12.6. The molecule has 0 aliphatic rings. The van der Waals surface area contributed by atoms with Gasteiger partial charge in [0.15, 0.2) is 5.96 Å². The summed E-state index contributed by atoms with van der Waals surface area (Å²) in [5, 5.41) is 5.55. The predicted molar refractivity (Wildman–Crippen MR) is 92.3 cm³/mol. The van der Waals surface area contributed by atoms with Crippen LogP contribution in [0.5, 0.6) is 0 Å². The van der Waals surface area contributed by atoms with Crippen LogP contribution in [0.1, 0.15) is 17.9 Å². The molecule has 10 heteroatoms. The fourth-order valence-corrected chi connectivity index (χ4v) is 1.90. The molecule has 2 N–H and O–H groups in total. The number of rotatable bonds is 5. The number of guanidine groups is 1. The molecule has 0 aliphatic carbocycles. The Kier molecular flexibility index (Phi) is 7.95. The van der Waals surface area contributed by atoms with Gasteiger partial charge in [-0.2, -0.15) is 8.78 Å². The van der Waals surface area contributed by atoms with Crippen LogP contribution < -0.4 is 10.6 Å². The van der Waals surface area contributed by atoms with E-state index >= 15 is 0 Å². The topological polar surface area (TPSA) is 54.2 Å². The minimum atomic E-state index is -2.69. The van der Waals surface area contributed by atoms with Crippen LogP contribution in [0.4, 0.5) is 17.6 Å². The van der Waals surface area contributed by atoms with Crippen LogP contribution in [-0.2, 0) is 13.1 Å². The predicted octanol–water partition coefficient (Wildman–Crippen LogP) is 3.04. The fraction of sp³-hybridized carbons (Fsp3) is 0.286. The maximum Gasteiger partial charge on any atom is 0.319 e. The Morgan fingerprint density at radius 2 is 1.96 bits per heavy atom. The third kappa shape index (κ3) is 5.35. The number of alkyl halides is 2. The molecule has 24 heavy (non-hydrogen) atoms. The van der Waals surface area contributed by atoms with Crippen molar-refractivity contribution in [2.75, 3.05) is 7.05 Å². The third-order valence-electron chi connectivity index (χ3n) is 3.05. The summed E-state index contributed by atoms with van der Waals surface area (Å²) in [6, 6.07) is 3.12. The van der Waals surface area contributed by atoms with Gasteiger partial charge in [0.2, 0.25) is 0 Å². The van der Waals surface area contributed by atoms with Gasteiger partial charge in [-0.1, -0.05) is 0 Å². The number of aliphatic imine (C=N–C) groups is 1. The highest BCUT2D eigenvalue weighted by molar-refractivity contribution is 14.0. The van der Waals surface area contributed by atoms with Crippen LogP contribution in [0.15, 0.2) is 35.6 Å². The highest BCUT2D eigenvalue weighted by atomic mass is 127. The highest BCUT2D eigenvalue weighted by Crippen LogP contribution is 2.12. The molecular formula is C14H16F4IN5. The highest BCUT2D eigenvalue weighted by Gasteiger charge is 2.11. The summed E-state index contributed by atoms with van der Waals surface area (Å²) in [5.41, 5.74) is 0.127. The van der Waals surface area contributed by atoms with E-state index in [0.29, 0.717) is 4.57 Å². The average molecular weight is 457 g/mol. The van der Waals surface area contributed by atoms with Gasteiger partial charge in [0.1, 0.15) is 17.5 Å². The first-order chi connectivity index (χ1) is 11.0. The Labute approximate surface area is 153 Å². The number of nitrogens with one attached hydrogen (secondary N) is 2. The lowest BCUT2D eigenvalue weighted by Crippen LogP contribution is -2.37. The van der Waals surface area contributed by atoms with Crippen LogP contribution in [-0.4, -0.2) is 22.6 Å². The molecule has 0 atom stereocenters. The Morgan fingerprint density at radius 1 is 1.25 bits per heavy atom. The molecule has 2 rings (SSSR count). The zero-order chi connectivity index (χ0) is 16.8. The van der Waals surface area contributed by atoms with E-state index in [1.807, 2.05) is 0 Å². The van der Waals surface area contributed by atoms with Crippen molar-refractivity contribution in [2.24, 2.45) is 4.99 Å². The summed E-state index contributed by atoms with van der Waals surface area (Å²) in [6.07, 6.45) is 2.43. The Hall–Kier alpha value is -1.85. The number of benzene rings is 1. The smallest absolute Gasteiger partial charge is 0.319 e. The second kappa shape index (κ2) is 9.45. The number of hydrogen-bond acceptors (Lipinski definition) is 2. The van der Waals surface area contributed by atoms with Crippen molar-refractivity contribution in [1.29, 1.82) is 0 Å². The first kappa shape index (κ1) is 20.2. The van der Waals surface area contributed by atoms with E-state index in [0.717, 1.165) is 18.2 Å². The maximum absolute atomic E-state index is 13.5. The van der Waals surface area contributed by atoms with Gasteiger partial charge in [-0.25, -0.2) is 13.8 Å². The molecule has 0 saturated heterocycles. The first-order valence-electron chi connectivity index (χ1n) is 6.69. The average Bonchev–Trinajstić information content (AvgIpc) is 2.99. The van der Waals surface area contributed by atoms with E-state index in [1.165, 1.54) is 19.4 Å². The van der Waals surface area contributed by atoms with Crippen LogP contribution in [0.25, 0.3) is 0 Å². The van der Waals surface area contributed by atoms with Crippen molar-refractivity contribution in [3.63, 3.8) is 0 Å². The van der Waals surface area contributed by atoms with Crippen molar-refractivity contribution < 1.29 is 17.6 Å². The lowest BCUT2D eigenvalue weighted by molar-refractivity contribution is 0.0668. The molecule has 5 nitrogen and oxygen atoms in total. The summed E-state index contributed by atoms with van der Waals surface area (Å²) in [5.74, 6) is -0.731. The molecule has 0 saturated carbocycles. The summed E-state index contributed by atoms with van der Waals surface area (Å²) >= 11 is 0. The quantitative estimate of drug-likeness (QED) is 0.314. The van der Waals surface area contributed by atoms with Gasteiger partial charge in [0.05, 0.1) is 6.54 Å².